The van der Waals surface area contributed by atoms with Gasteiger partial charge >= 0.3 is 0 Å². The number of benzene rings is 3. The van der Waals surface area contributed by atoms with Gasteiger partial charge in [-0.25, -0.2) is 0 Å². The van der Waals surface area contributed by atoms with Crippen molar-refractivity contribution in [3.05, 3.63) is 83.4 Å². The highest BCUT2D eigenvalue weighted by molar-refractivity contribution is 5.82. The first-order valence-electron chi connectivity index (χ1n) is 11.9. The zero-order chi connectivity index (χ0) is 25.1. The van der Waals surface area contributed by atoms with E-state index in [1.165, 1.54) is 0 Å². The van der Waals surface area contributed by atoms with E-state index in [0.717, 1.165) is 23.1 Å². The third-order valence-electron chi connectivity index (χ3n) is 6.46. The number of oxazole rings is 1. The summed E-state index contributed by atoms with van der Waals surface area (Å²) in [6.45, 7) is 2.64. The molecule has 0 spiro atoms. The second kappa shape index (κ2) is 10.2. The van der Waals surface area contributed by atoms with Gasteiger partial charge in [-0.15, -0.1) is 0 Å². The Labute approximate surface area is 208 Å². The lowest BCUT2D eigenvalue weighted by Gasteiger charge is -2.26. The van der Waals surface area contributed by atoms with E-state index < -0.39 is 12.1 Å². The summed E-state index contributed by atoms with van der Waals surface area (Å²) in [5, 5.41) is 13.7. The number of ether oxygens (including phenoxy) is 1. The summed E-state index contributed by atoms with van der Waals surface area (Å²) in [6, 6.07) is 20.1. The quantitative estimate of drug-likeness (QED) is 0.359. The van der Waals surface area contributed by atoms with Crippen LogP contribution in [0.2, 0.25) is 0 Å². The maximum absolute atomic E-state index is 13.1. The maximum Gasteiger partial charge on any atom is 0.300 e. The largest absolute Gasteiger partial charge is 0.491 e. The Kier molecular flexibility index (Phi) is 6.69. The molecule has 8 heteroatoms. The van der Waals surface area contributed by atoms with Gasteiger partial charge < -0.3 is 24.5 Å². The average molecular weight is 486 g/mol. The third kappa shape index (κ3) is 5.08. The number of hydrogen-bond acceptors (Lipinski definition) is 7. The van der Waals surface area contributed by atoms with Crippen LogP contribution in [0.1, 0.15) is 27.9 Å². The van der Waals surface area contributed by atoms with Gasteiger partial charge in [-0.1, -0.05) is 24.3 Å². The molecule has 5 rings (SSSR count). The molecule has 0 aliphatic carbocycles. The van der Waals surface area contributed by atoms with Gasteiger partial charge in [-0.05, 0) is 66.9 Å². The normalized spacial score (nSPS) is 17.3. The SMILES string of the molecule is Cc1ccccc1Nc1nc2ccc(CC(=O)N3CC[C@H](O)[C@H]3COc3ccc(C=O)cc3)cc2o1. The minimum Gasteiger partial charge on any atom is -0.491 e. The van der Waals surface area contributed by atoms with E-state index in [0.29, 0.717) is 41.4 Å². The molecule has 1 amide bonds. The summed E-state index contributed by atoms with van der Waals surface area (Å²) >= 11 is 0. The molecule has 1 saturated heterocycles. The molecule has 184 valence electrons. The monoisotopic (exact) mass is 485 g/mol. The molecule has 0 radical (unpaired) electrons. The summed E-state index contributed by atoms with van der Waals surface area (Å²) in [5.74, 6) is 0.492. The number of aliphatic hydroxyl groups excluding tert-OH is 1. The summed E-state index contributed by atoms with van der Waals surface area (Å²) in [5.41, 5.74) is 4.65. The Hall–Kier alpha value is -4.17. The number of nitrogens with zero attached hydrogens (tertiary/aromatic N) is 2. The van der Waals surface area contributed by atoms with Gasteiger partial charge in [0, 0.05) is 17.8 Å². The Morgan fingerprint density at radius 2 is 2.00 bits per heavy atom. The summed E-state index contributed by atoms with van der Waals surface area (Å²) in [7, 11) is 0. The number of amides is 1. The number of aromatic nitrogens is 1. The Morgan fingerprint density at radius 3 is 2.78 bits per heavy atom. The summed E-state index contributed by atoms with van der Waals surface area (Å²) in [6.07, 6.45) is 0.783. The molecule has 2 heterocycles. The van der Waals surface area contributed by atoms with Crippen LogP contribution in [0.5, 0.6) is 5.75 Å². The average Bonchev–Trinajstić information content (AvgIpc) is 3.46. The van der Waals surface area contributed by atoms with Crippen LogP contribution in [0, 0.1) is 6.92 Å². The highest BCUT2D eigenvalue weighted by Gasteiger charge is 2.36. The molecule has 2 N–H and O–H groups in total. The van der Waals surface area contributed by atoms with Gasteiger partial charge in [-0.2, -0.15) is 4.98 Å². The van der Waals surface area contributed by atoms with E-state index >= 15 is 0 Å². The van der Waals surface area contributed by atoms with Crippen LogP contribution in [0.25, 0.3) is 11.1 Å². The van der Waals surface area contributed by atoms with Crippen molar-refractivity contribution in [1.82, 2.24) is 9.88 Å². The van der Waals surface area contributed by atoms with Crippen LogP contribution in [0.3, 0.4) is 0 Å². The van der Waals surface area contributed by atoms with Crippen molar-refractivity contribution in [1.29, 1.82) is 0 Å². The molecule has 2 atom stereocenters. The molecular formula is C28H27N3O5. The lowest BCUT2D eigenvalue weighted by Crippen LogP contribution is -2.44. The second-order valence-electron chi connectivity index (χ2n) is 8.95. The van der Waals surface area contributed by atoms with Crippen molar-refractivity contribution in [2.45, 2.75) is 31.9 Å². The Bertz CT molecular complexity index is 1380. The first kappa shape index (κ1) is 23.6. The zero-order valence-electron chi connectivity index (χ0n) is 19.9. The molecule has 0 saturated carbocycles. The van der Waals surface area contributed by atoms with Crippen molar-refractivity contribution >= 4 is 35.0 Å². The number of carbonyl (C=O) groups is 2. The van der Waals surface area contributed by atoms with Gasteiger partial charge in [0.05, 0.1) is 18.6 Å². The van der Waals surface area contributed by atoms with Gasteiger partial charge in [-0.3, -0.25) is 9.59 Å². The minimum atomic E-state index is -0.657. The molecule has 1 fully saturated rings. The first-order chi connectivity index (χ1) is 17.5. The number of anilines is 2. The van der Waals surface area contributed by atoms with Crippen LogP contribution in [-0.2, 0) is 11.2 Å². The standard InChI is InChI=1S/C28H27N3O5/c1-18-4-2-3-5-22(18)29-28-30-23-11-8-20(14-26(23)36-28)15-27(34)31-13-12-25(33)24(31)17-35-21-9-6-19(16-32)7-10-21/h2-11,14,16,24-25,33H,12-13,15,17H2,1H3,(H,29,30)/t24-,25+/m1/s1. The first-order valence-corrected chi connectivity index (χ1v) is 11.9. The van der Waals surface area contributed by atoms with Crippen LogP contribution in [-0.4, -0.2) is 52.5 Å². The third-order valence-corrected chi connectivity index (χ3v) is 6.46. The molecule has 1 aromatic heterocycles. The van der Waals surface area contributed by atoms with E-state index in [9.17, 15) is 14.7 Å². The van der Waals surface area contributed by atoms with E-state index in [1.54, 1.807) is 29.2 Å². The fourth-order valence-electron chi connectivity index (χ4n) is 4.41. The van der Waals surface area contributed by atoms with E-state index in [4.69, 9.17) is 9.15 Å². The Balaban J connectivity index is 1.24. The van der Waals surface area contributed by atoms with Crippen LogP contribution < -0.4 is 10.1 Å². The fourth-order valence-corrected chi connectivity index (χ4v) is 4.41. The number of rotatable bonds is 8. The van der Waals surface area contributed by atoms with Crippen LogP contribution in [0.15, 0.2) is 71.1 Å². The van der Waals surface area contributed by atoms with Gasteiger partial charge in [0.25, 0.3) is 6.01 Å². The molecule has 1 aliphatic heterocycles. The summed E-state index contributed by atoms with van der Waals surface area (Å²) in [4.78, 5) is 30.1. The number of hydrogen-bond donors (Lipinski definition) is 2. The topological polar surface area (TPSA) is 105 Å². The number of para-hydroxylation sites is 1. The van der Waals surface area contributed by atoms with Crippen molar-refractivity contribution in [2.75, 3.05) is 18.5 Å². The Morgan fingerprint density at radius 1 is 1.19 bits per heavy atom. The number of aliphatic hydroxyl groups is 1. The van der Waals surface area contributed by atoms with Crippen LogP contribution >= 0.6 is 0 Å². The predicted octanol–water partition coefficient (Wildman–Crippen LogP) is 4.28. The zero-order valence-corrected chi connectivity index (χ0v) is 19.9. The highest BCUT2D eigenvalue weighted by atomic mass is 16.5. The molecule has 1 aliphatic rings. The molecule has 8 nitrogen and oxygen atoms in total. The molecule has 3 aromatic carbocycles. The van der Waals surface area contributed by atoms with Crippen molar-refractivity contribution < 1.29 is 23.8 Å². The lowest BCUT2D eigenvalue weighted by molar-refractivity contribution is -0.132. The molecule has 0 bridgehead atoms. The van der Waals surface area contributed by atoms with E-state index in [-0.39, 0.29) is 18.9 Å². The number of likely N-dealkylation sites (tertiary alicyclic amines) is 1. The van der Waals surface area contributed by atoms with E-state index in [1.807, 2.05) is 49.4 Å². The van der Waals surface area contributed by atoms with Crippen LogP contribution in [0.4, 0.5) is 11.7 Å². The number of fused-ring (bicyclic) bond motifs is 1. The molecule has 36 heavy (non-hydrogen) atoms. The molecule has 0 unspecified atom stereocenters. The van der Waals surface area contributed by atoms with E-state index in [2.05, 4.69) is 10.3 Å². The number of nitrogens with one attached hydrogen (secondary N) is 1. The van der Waals surface area contributed by atoms with Crippen molar-refractivity contribution in [2.24, 2.45) is 0 Å². The van der Waals surface area contributed by atoms with Crippen molar-refractivity contribution in [3.8, 4) is 5.75 Å². The van der Waals surface area contributed by atoms with Gasteiger partial charge in [0.15, 0.2) is 5.58 Å². The number of aryl methyl sites for hydroxylation is 1. The molecular weight excluding hydrogens is 458 g/mol. The predicted molar refractivity (Wildman–Crippen MR) is 136 cm³/mol. The van der Waals surface area contributed by atoms with Gasteiger partial charge in [0.2, 0.25) is 5.91 Å². The molecule has 4 aromatic rings. The lowest BCUT2D eigenvalue weighted by atomic mass is 10.1. The minimum absolute atomic E-state index is 0.0893. The smallest absolute Gasteiger partial charge is 0.300 e. The number of aldehydes is 1. The summed E-state index contributed by atoms with van der Waals surface area (Å²) < 4.78 is 11.7. The second-order valence-corrected chi connectivity index (χ2v) is 8.95. The maximum atomic E-state index is 13.1. The fraction of sp³-hybridized carbons (Fsp3) is 0.250. The van der Waals surface area contributed by atoms with Crippen molar-refractivity contribution in [3.63, 3.8) is 0 Å². The highest BCUT2D eigenvalue weighted by Crippen LogP contribution is 2.26. The van der Waals surface area contributed by atoms with Gasteiger partial charge in [0.1, 0.15) is 24.2 Å². The number of carbonyl (C=O) groups excluding carboxylic acids is 2.